The summed E-state index contributed by atoms with van der Waals surface area (Å²) in [6.45, 7) is 3.61. The molecule has 1 saturated heterocycles. The van der Waals surface area contributed by atoms with Crippen LogP contribution < -0.4 is 0 Å². The molecule has 1 heterocycles. The summed E-state index contributed by atoms with van der Waals surface area (Å²) in [6, 6.07) is -0.964. The zero-order valence-corrected chi connectivity index (χ0v) is 12.5. The number of thioether (sulfide) groups is 1. The number of azide groups is 1. The molecule has 0 saturated carbocycles. The van der Waals surface area contributed by atoms with Crippen LogP contribution in [0, 0.1) is 0 Å². The Morgan fingerprint density at radius 3 is 2.14 bits per heavy atom. The number of hydrogen-bond donors (Lipinski definition) is 0. The van der Waals surface area contributed by atoms with E-state index in [2.05, 4.69) is 10.0 Å². The van der Waals surface area contributed by atoms with Crippen LogP contribution in [-0.4, -0.2) is 47.3 Å². The van der Waals surface area contributed by atoms with E-state index in [0.717, 1.165) is 11.8 Å². The molecule has 0 radical (unpaired) electrons. The smallest absolute Gasteiger partial charge is 0.303 e. The number of ether oxygens (including phenoxy) is 3. The molecule has 0 aromatic carbocycles. The molecule has 1 fully saturated rings. The first-order valence-electron chi connectivity index (χ1n) is 6.02. The van der Waals surface area contributed by atoms with Crippen LogP contribution in [0.15, 0.2) is 5.11 Å². The van der Waals surface area contributed by atoms with Crippen molar-refractivity contribution in [3.05, 3.63) is 10.4 Å². The largest absolute Gasteiger partial charge is 0.461 e. The summed E-state index contributed by atoms with van der Waals surface area (Å²) in [5.41, 5.74) is 7.83. The first-order valence-corrected chi connectivity index (χ1v) is 7.07. The average molecular weight is 317 g/mol. The molecule has 0 aliphatic carbocycles. The minimum atomic E-state index is -1.02. The SMILES string of the molecule is CC(=O)OC1SC[C@@H](OC(C)=O)[C@H](N=[N+]=[N-])[C@H]1OC(C)=O. The van der Waals surface area contributed by atoms with Crippen molar-refractivity contribution in [3.63, 3.8) is 0 Å². The van der Waals surface area contributed by atoms with Gasteiger partial charge in [0, 0.05) is 31.4 Å². The highest BCUT2D eigenvalue weighted by atomic mass is 32.2. The van der Waals surface area contributed by atoms with Gasteiger partial charge in [-0.15, -0.1) is 11.8 Å². The lowest BCUT2D eigenvalue weighted by atomic mass is 10.1. The molecular formula is C11H15N3O6S. The third kappa shape index (κ3) is 5.16. The fourth-order valence-corrected chi connectivity index (χ4v) is 3.11. The van der Waals surface area contributed by atoms with E-state index >= 15 is 0 Å². The fourth-order valence-electron chi connectivity index (χ4n) is 1.85. The summed E-state index contributed by atoms with van der Waals surface area (Å²) >= 11 is 1.14. The first-order chi connectivity index (χ1) is 9.85. The normalized spacial score (nSPS) is 28.0. The molecule has 0 aromatic rings. The first kappa shape index (κ1) is 17.1. The van der Waals surface area contributed by atoms with Crippen LogP contribution in [0.1, 0.15) is 20.8 Å². The third-order valence-corrected chi connectivity index (χ3v) is 3.71. The standard InChI is InChI=1S/C11H15N3O6S/c1-5(15)18-8-4-21-11(20-7(3)17)10(19-6(2)16)9(8)13-14-12/h8-11H,4H2,1-3H3/t8-,9+,10-,11?/m1/s1. The van der Waals surface area contributed by atoms with Crippen molar-refractivity contribution in [2.75, 3.05) is 5.75 Å². The summed E-state index contributed by atoms with van der Waals surface area (Å²) in [6.07, 6.45) is -1.79. The zero-order valence-electron chi connectivity index (χ0n) is 11.7. The Morgan fingerprint density at radius 2 is 1.67 bits per heavy atom. The number of carbonyl (C=O) groups excluding carboxylic acids is 3. The summed E-state index contributed by atoms with van der Waals surface area (Å²) in [5.74, 6) is -1.49. The van der Waals surface area contributed by atoms with Crippen molar-refractivity contribution in [2.45, 2.75) is 44.5 Å². The van der Waals surface area contributed by atoms with Crippen molar-refractivity contribution >= 4 is 29.7 Å². The van der Waals surface area contributed by atoms with Crippen molar-refractivity contribution in [1.29, 1.82) is 0 Å². The van der Waals surface area contributed by atoms with Crippen molar-refractivity contribution in [2.24, 2.45) is 5.11 Å². The van der Waals surface area contributed by atoms with Gasteiger partial charge in [-0.1, -0.05) is 5.11 Å². The highest BCUT2D eigenvalue weighted by Crippen LogP contribution is 2.33. The highest BCUT2D eigenvalue weighted by molar-refractivity contribution is 7.99. The van der Waals surface area contributed by atoms with Crippen molar-refractivity contribution in [1.82, 2.24) is 0 Å². The van der Waals surface area contributed by atoms with E-state index in [0.29, 0.717) is 0 Å². The van der Waals surface area contributed by atoms with Gasteiger partial charge in [0.1, 0.15) is 12.1 Å². The molecule has 1 aliphatic rings. The van der Waals surface area contributed by atoms with Gasteiger partial charge >= 0.3 is 17.9 Å². The molecule has 21 heavy (non-hydrogen) atoms. The van der Waals surface area contributed by atoms with Crippen LogP contribution in [-0.2, 0) is 28.6 Å². The second kappa shape index (κ2) is 7.75. The van der Waals surface area contributed by atoms with Gasteiger partial charge in [-0.05, 0) is 5.53 Å². The van der Waals surface area contributed by atoms with Crippen LogP contribution in [0.2, 0.25) is 0 Å². The minimum absolute atomic E-state index is 0.249. The molecule has 1 rings (SSSR count). The molecule has 1 aliphatic heterocycles. The van der Waals surface area contributed by atoms with Crippen molar-refractivity contribution < 1.29 is 28.6 Å². The summed E-state index contributed by atoms with van der Waals surface area (Å²) in [5, 5.41) is 3.53. The Kier molecular flexibility index (Phi) is 6.32. The Balaban J connectivity index is 3.03. The molecule has 0 N–H and O–H groups in total. The number of carbonyl (C=O) groups is 3. The Hall–Kier alpha value is -1.93. The van der Waals surface area contributed by atoms with E-state index in [1.54, 1.807) is 0 Å². The Morgan fingerprint density at radius 1 is 1.10 bits per heavy atom. The molecule has 0 spiro atoms. The number of rotatable bonds is 4. The van der Waals surface area contributed by atoms with E-state index in [-0.39, 0.29) is 5.75 Å². The maximum absolute atomic E-state index is 11.2. The molecule has 9 nitrogen and oxygen atoms in total. The van der Waals surface area contributed by atoms with Crippen molar-refractivity contribution in [3.8, 4) is 0 Å². The van der Waals surface area contributed by atoms with E-state index in [4.69, 9.17) is 19.7 Å². The second-order valence-corrected chi connectivity index (χ2v) is 5.36. The van der Waals surface area contributed by atoms with E-state index in [1.165, 1.54) is 20.8 Å². The molecular weight excluding hydrogens is 302 g/mol. The second-order valence-electron chi connectivity index (χ2n) is 4.23. The van der Waals surface area contributed by atoms with Gasteiger partial charge < -0.3 is 14.2 Å². The van der Waals surface area contributed by atoms with Crippen LogP contribution in [0.3, 0.4) is 0 Å². The third-order valence-electron chi connectivity index (χ3n) is 2.50. The number of nitrogens with zero attached hydrogens (tertiary/aromatic N) is 3. The topological polar surface area (TPSA) is 128 Å². The average Bonchev–Trinajstić information content (AvgIpc) is 2.34. The monoisotopic (exact) mass is 317 g/mol. The molecule has 10 heteroatoms. The maximum Gasteiger partial charge on any atom is 0.303 e. The van der Waals surface area contributed by atoms with Gasteiger partial charge in [-0.2, -0.15) is 0 Å². The molecule has 1 unspecified atom stereocenters. The van der Waals surface area contributed by atoms with Gasteiger partial charge in [-0.25, -0.2) is 0 Å². The molecule has 0 aromatic heterocycles. The Labute approximate surface area is 124 Å². The van der Waals surface area contributed by atoms with Crippen LogP contribution >= 0.6 is 11.8 Å². The van der Waals surface area contributed by atoms with Gasteiger partial charge in [0.2, 0.25) is 0 Å². The van der Waals surface area contributed by atoms with Gasteiger partial charge in [-0.3, -0.25) is 14.4 Å². The van der Waals surface area contributed by atoms with Gasteiger partial charge in [0.05, 0.1) is 0 Å². The minimum Gasteiger partial charge on any atom is -0.461 e. The van der Waals surface area contributed by atoms with Crippen LogP contribution in [0.4, 0.5) is 0 Å². The molecule has 4 atom stereocenters. The predicted molar refractivity (Wildman–Crippen MR) is 72.1 cm³/mol. The van der Waals surface area contributed by atoms with E-state index in [1.807, 2.05) is 0 Å². The fraction of sp³-hybridized carbons (Fsp3) is 0.727. The summed E-state index contributed by atoms with van der Waals surface area (Å²) < 4.78 is 15.2. The quantitative estimate of drug-likeness (QED) is 0.250. The van der Waals surface area contributed by atoms with E-state index < -0.39 is 41.6 Å². The maximum atomic E-state index is 11.2. The Bertz CT molecular complexity index is 479. The van der Waals surface area contributed by atoms with Gasteiger partial charge in [0.15, 0.2) is 11.5 Å². The molecule has 116 valence electrons. The van der Waals surface area contributed by atoms with Crippen LogP contribution in [0.25, 0.3) is 10.4 Å². The molecule has 0 bridgehead atoms. The lowest BCUT2D eigenvalue weighted by molar-refractivity contribution is -0.165. The van der Waals surface area contributed by atoms with Crippen LogP contribution in [0.5, 0.6) is 0 Å². The van der Waals surface area contributed by atoms with Gasteiger partial charge in [0.25, 0.3) is 0 Å². The zero-order chi connectivity index (χ0) is 16.0. The summed E-state index contributed by atoms with van der Waals surface area (Å²) in [7, 11) is 0. The lowest BCUT2D eigenvalue weighted by Gasteiger charge is -2.38. The van der Waals surface area contributed by atoms with E-state index in [9.17, 15) is 14.4 Å². The number of esters is 3. The molecule has 0 amide bonds. The highest BCUT2D eigenvalue weighted by Gasteiger charge is 2.45. The lowest BCUT2D eigenvalue weighted by Crippen LogP contribution is -2.52. The summed E-state index contributed by atoms with van der Waals surface area (Å²) in [4.78, 5) is 36.1. The number of hydrogen-bond acceptors (Lipinski definition) is 8. The predicted octanol–water partition coefficient (Wildman–Crippen LogP) is 1.16.